The number of benzene rings is 1. The summed E-state index contributed by atoms with van der Waals surface area (Å²) in [5, 5.41) is 13.7. The number of aliphatic hydroxyl groups excluding tert-OH is 1. The molecule has 1 aromatic heterocycles. The summed E-state index contributed by atoms with van der Waals surface area (Å²) in [4.78, 5) is 2.24. The molecule has 7 heteroatoms. The number of aryl methyl sites for hydroxylation is 1. The molecule has 6 nitrogen and oxygen atoms in total. The van der Waals surface area contributed by atoms with Crippen LogP contribution in [-0.4, -0.2) is 33.1 Å². The highest BCUT2D eigenvalue weighted by Crippen LogP contribution is 2.36. The van der Waals surface area contributed by atoms with Crippen molar-refractivity contribution in [3.05, 3.63) is 34.4 Å². The first kappa shape index (κ1) is 15.1. The molecule has 1 aliphatic heterocycles. The van der Waals surface area contributed by atoms with Crippen LogP contribution >= 0.6 is 12.2 Å². The Balaban J connectivity index is 1.97. The molecule has 1 N–H and O–H groups in total. The van der Waals surface area contributed by atoms with E-state index in [1.807, 2.05) is 19.2 Å². The van der Waals surface area contributed by atoms with Gasteiger partial charge in [0.05, 0.1) is 12.8 Å². The molecular weight excluding hydrogens is 300 g/mol. The molecule has 0 fully saturated rings. The SMILES string of the molecule is COc1cccc2c1N(Cn1nc(CO)n(C)c1=S)CCC2. The van der Waals surface area contributed by atoms with E-state index in [-0.39, 0.29) is 6.61 Å². The number of para-hydroxylation sites is 1. The van der Waals surface area contributed by atoms with Gasteiger partial charge in [0.25, 0.3) is 0 Å². The summed E-state index contributed by atoms with van der Waals surface area (Å²) in [6, 6.07) is 6.15. The van der Waals surface area contributed by atoms with Crippen LogP contribution in [-0.2, 0) is 26.7 Å². The van der Waals surface area contributed by atoms with E-state index in [4.69, 9.17) is 17.0 Å². The molecule has 22 heavy (non-hydrogen) atoms. The molecular formula is C15H20N4O2S. The molecule has 0 bridgehead atoms. The Morgan fingerprint density at radius 3 is 2.91 bits per heavy atom. The summed E-state index contributed by atoms with van der Waals surface area (Å²) in [7, 11) is 3.51. The maximum atomic E-state index is 9.33. The zero-order valence-electron chi connectivity index (χ0n) is 12.8. The topological polar surface area (TPSA) is 55.4 Å². The molecule has 0 radical (unpaired) electrons. The van der Waals surface area contributed by atoms with Crippen LogP contribution in [0, 0.1) is 4.77 Å². The molecule has 1 aromatic carbocycles. The Labute approximate surface area is 134 Å². The van der Waals surface area contributed by atoms with Gasteiger partial charge >= 0.3 is 0 Å². The van der Waals surface area contributed by atoms with E-state index >= 15 is 0 Å². The number of hydrogen-bond donors (Lipinski definition) is 1. The van der Waals surface area contributed by atoms with Crippen LogP contribution in [0.15, 0.2) is 18.2 Å². The van der Waals surface area contributed by atoms with E-state index < -0.39 is 0 Å². The smallest absolute Gasteiger partial charge is 0.199 e. The molecule has 118 valence electrons. The monoisotopic (exact) mass is 320 g/mol. The van der Waals surface area contributed by atoms with Gasteiger partial charge in [0.15, 0.2) is 10.6 Å². The number of rotatable bonds is 4. The minimum atomic E-state index is -0.118. The first-order chi connectivity index (χ1) is 10.7. The fraction of sp³-hybridized carbons (Fsp3) is 0.467. The van der Waals surface area contributed by atoms with Gasteiger partial charge in [-0.15, -0.1) is 0 Å². The quantitative estimate of drug-likeness (QED) is 0.872. The molecule has 0 amide bonds. The molecule has 0 atom stereocenters. The van der Waals surface area contributed by atoms with Crippen molar-refractivity contribution < 1.29 is 9.84 Å². The van der Waals surface area contributed by atoms with E-state index in [0.29, 0.717) is 17.3 Å². The second-order valence-electron chi connectivity index (χ2n) is 5.39. The lowest BCUT2D eigenvalue weighted by Crippen LogP contribution is -2.32. The second-order valence-corrected chi connectivity index (χ2v) is 5.76. The van der Waals surface area contributed by atoms with Gasteiger partial charge < -0.3 is 19.3 Å². The Bertz CT molecular complexity index is 723. The van der Waals surface area contributed by atoms with Crippen LogP contribution in [0.5, 0.6) is 5.75 Å². The molecule has 0 saturated heterocycles. The van der Waals surface area contributed by atoms with E-state index in [1.165, 1.54) is 5.56 Å². The average Bonchev–Trinajstić information content (AvgIpc) is 2.82. The Kier molecular flexibility index (Phi) is 4.17. The van der Waals surface area contributed by atoms with Gasteiger partial charge in [-0.2, -0.15) is 5.10 Å². The normalized spacial score (nSPS) is 14.0. The molecule has 0 unspecified atom stereocenters. The van der Waals surface area contributed by atoms with Crippen molar-refractivity contribution in [3.63, 3.8) is 0 Å². The van der Waals surface area contributed by atoms with Gasteiger partial charge in [-0.25, -0.2) is 4.68 Å². The summed E-state index contributed by atoms with van der Waals surface area (Å²) >= 11 is 5.40. The summed E-state index contributed by atoms with van der Waals surface area (Å²) in [5.41, 5.74) is 2.41. The predicted molar refractivity (Wildman–Crippen MR) is 86.6 cm³/mol. The van der Waals surface area contributed by atoms with E-state index in [2.05, 4.69) is 16.1 Å². The van der Waals surface area contributed by atoms with Crippen molar-refractivity contribution in [2.75, 3.05) is 18.6 Å². The number of aliphatic hydroxyl groups is 1. The zero-order chi connectivity index (χ0) is 15.7. The highest BCUT2D eigenvalue weighted by molar-refractivity contribution is 7.71. The Morgan fingerprint density at radius 2 is 2.23 bits per heavy atom. The number of ether oxygens (including phenoxy) is 1. The molecule has 0 spiro atoms. The van der Waals surface area contributed by atoms with Gasteiger partial charge in [0.2, 0.25) is 0 Å². The summed E-state index contributed by atoms with van der Waals surface area (Å²) in [6.45, 7) is 1.37. The molecule has 2 heterocycles. The minimum absolute atomic E-state index is 0.118. The van der Waals surface area contributed by atoms with Crippen LogP contribution in [0.4, 0.5) is 5.69 Å². The lowest BCUT2D eigenvalue weighted by molar-refractivity contribution is 0.265. The van der Waals surface area contributed by atoms with E-state index in [0.717, 1.165) is 30.8 Å². The van der Waals surface area contributed by atoms with Gasteiger partial charge in [0, 0.05) is 13.6 Å². The number of fused-ring (bicyclic) bond motifs is 1. The highest BCUT2D eigenvalue weighted by atomic mass is 32.1. The minimum Gasteiger partial charge on any atom is -0.495 e. The van der Waals surface area contributed by atoms with Crippen LogP contribution in [0.2, 0.25) is 0 Å². The first-order valence-corrected chi connectivity index (χ1v) is 7.71. The number of hydrogen-bond acceptors (Lipinski definition) is 5. The van der Waals surface area contributed by atoms with Crippen LogP contribution < -0.4 is 9.64 Å². The molecule has 1 aliphatic rings. The van der Waals surface area contributed by atoms with Crippen molar-refractivity contribution in [2.45, 2.75) is 26.1 Å². The Hall–Kier alpha value is -1.86. The third kappa shape index (κ3) is 2.50. The molecule has 2 aromatic rings. The average molecular weight is 320 g/mol. The lowest BCUT2D eigenvalue weighted by atomic mass is 10.0. The van der Waals surface area contributed by atoms with Crippen molar-refractivity contribution in [1.82, 2.24) is 14.3 Å². The lowest BCUT2D eigenvalue weighted by Gasteiger charge is -2.32. The first-order valence-electron chi connectivity index (χ1n) is 7.30. The Morgan fingerprint density at radius 1 is 1.41 bits per heavy atom. The molecule has 0 saturated carbocycles. The molecule has 0 aliphatic carbocycles. The predicted octanol–water partition coefficient (Wildman–Crippen LogP) is 1.86. The largest absolute Gasteiger partial charge is 0.495 e. The van der Waals surface area contributed by atoms with E-state index in [9.17, 15) is 5.11 Å². The second kappa shape index (κ2) is 6.10. The zero-order valence-corrected chi connectivity index (χ0v) is 13.6. The van der Waals surface area contributed by atoms with Crippen molar-refractivity contribution in [2.24, 2.45) is 7.05 Å². The third-order valence-electron chi connectivity index (χ3n) is 4.07. The van der Waals surface area contributed by atoms with Crippen LogP contribution in [0.3, 0.4) is 0 Å². The van der Waals surface area contributed by atoms with Crippen LogP contribution in [0.25, 0.3) is 0 Å². The van der Waals surface area contributed by atoms with Crippen molar-refractivity contribution in [1.29, 1.82) is 0 Å². The van der Waals surface area contributed by atoms with Gasteiger partial charge in [-0.1, -0.05) is 12.1 Å². The maximum absolute atomic E-state index is 9.33. The highest BCUT2D eigenvalue weighted by Gasteiger charge is 2.22. The third-order valence-corrected chi connectivity index (χ3v) is 4.55. The van der Waals surface area contributed by atoms with Gasteiger partial charge in [-0.3, -0.25) is 0 Å². The number of nitrogens with zero attached hydrogens (tertiary/aromatic N) is 4. The standard InChI is InChI=1S/C15H20N4O2S/c1-17-13(9-20)16-19(15(17)22)10-18-8-4-6-11-5-3-7-12(21-2)14(11)18/h3,5,7,20H,4,6,8-10H2,1-2H3. The van der Waals surface area contributed by atoms with E-state index in [1.54, 1.807) is 16.4 Å². The fourth-order valence-electron chi connectivity index (χ4n) is 2.93. The van der Waals surface area contributed by atoms with Crippen LogP contribution in [0.1, 0.15) is 17.8 Å². The van der Waals surface area contributed by atoms with Gasteiger partial charge in [-0.05, 0) is 36.7 Å². The maximum Gasteiger partial charge on any atom is 0.199 e. The van der Waals surface area contributed by atoms with Crippen molar-refractivity contribution in [3.8, 4) is 5.75 Å². The summed E-state index contributed by atoms with van der Waals surface area (Å²) in [6.07, 6.45) is 2.14. The van der Waals surface area contributed by atoms with Gasteiger partial charge in [0.1, 0.15) is 19.0 Å². The number of aromatic nitrogens is 3. The fourth-order valence-corrected chi connectivity index (χ4v) is 3.13. The summed E-state index contributed by atoms with van der Waals surface area (Å²) < 4.78 is 9.61. The number of anilines is 1. The van der Waals surface area contributed by atoms with Crippen molar-refractivity contribution >= 4 is 17.9 Å². The summed E-state index contributed by atoms with van der Waals surface area (Å²) in [5.74, 6) is 1.45. The number of methoxy groups -OCH3 is 1. The molecule has 3 rings (SSSR count).